The molecule has 134 valence electrons. The summed E-state index contributed by atoms with van der Waals surface area (Å²) in [5, 5.41) is 8.21. The first-order chi connectivity index (χ1) is 11.4. The van der Waals surface area contributed by atoms with Crippen LogP contribution in [0.5, 0.6) is 0 Å². The Bertz CT molecular complexity index is 552. The van der Waals surface area contributed by atoms with Crippen LogP contribution in [0.2, 0.25) is 0 Å². The third-order valence-electron chi connectivity index (χ3n) is 4.22. The summed E-state index contributed by atoms with van der Waals surface area (Å²) in [6, 6.07) is 4.26. The Morgan fingerprint density at radius 3 is 2.58 bits per heavy atom. The van der Waals surface area contributed by atoms with Gasteiger partial charge in [0, 0.05) is 19.1 Å². The lowest BCUT2D eigenvalue weighted by Crippen LogP contribution is -2.48. The molecule has 1 aliphatic rings. The van der Waals surface area contributed by atoms with E-state index >= 15 is 0 Å². The molecule has 2 amide bonds. The van der Waals surface area contributed by atoms with Crippen molar-refractivity contribution in [3.8, 4) is 0 Å². The van der Waals surface area contributed by atoms with E-state index in [-0.39, 0.29) is 11.1 Å². The first-order valence-corrected chi connectivity index (χ1v) is 7.77. The van der Waals surface area contributed by atoms with Gasteiger partial charge in [-0.1, -0.05) is 12.1 Å². The number of alkyl halides is 3. The first-order valence-electron chi connectivity index (χ1n) is 7.77. The van der Waals surface area contributed by atoms with E-state index in [0.717, 1.165) is 32.0 Å². The van der Waals surface area contributed by atoms with Gasteiger partial charge in [0.25, 0.3) is 0 Å². The van der Waals surface area contributed by atoms with E-state index in [0.29, 0.717) is 13.2 Å². The molecule has 0 saturated carbocycles. The van der Waals surface area contributed by atoms with Crippen LogP contribution in [-0.4, -0.2) is 39.4 Å². The second-order valence-electron chi connectivity index (χ2n) is 6.03. The van der Waals surface area contributed by atoms with Gasteiger partial charge in [-0.25, -0.2) is 4.79 Å². The highest BCUT2D eigenvalue weighted by molar-refractivity contribution is 5.90. The van der Waals surface area contributed by atoms with E-state index in [4.69, 9.17) is 4.74 Å². The van der Waals surface area contributed by atoms with Crippen LogP contribution in [0.1, 0.15) is 18.4 Å². The zero-order valence-corrected chi connectivity index (χ0v) is 13.5. The number of carbonyl (C=O) groups excluding carboxylic acids is 1. The van der Waals surface area contributed by atoms with Crippen molar-refractivity contribution in [2.45, 2.75) is 19.0 Å². The predicted molar refractivity (Wildman–Crippen MR) is 84.9 cm³/mol. The molecule has 2 rings (SSSR count). The van der Waals surface area contributed by atoms with Crippen molar-refractivity contribution in [1.29, 1.82) is 0 Å². The molecule has 0 spiro atoms. The van der Waals surface area contributed by atoms with Crippen molar-refractivity contribution in [2.24, 2.45) is 5.41 Å². The number of nitrogens with one attached hydrogen (secondary N) is 3. The van der Waals surface area contributed by atoms with E-state index in [1.807, 2.05) is 0 Å². The van der Waals surface area contributed by atoms with Gasteiger partial charge in [0.15, 0.2) is 0 Å². The third kappa shape index (κ3) is 4.85. The second kappa shape index (κ2) is 7.85. The van der Waals surface area contributed by atoms with Gasteiger partial charge < -0.3 is 20.7 Å². The maximum Gasteiger partial charge on any atom is 0.418 e. The van der Waals surface area contributed by atoms with Crippen LogP contribution >= 0.6 is 0 Å². The number of rotatable bonds is 5. The number of anilines is 1. The van der Waals surface area contributed by atoms with Gasteiger partial charge in [0.2, 0.25) is 0 Å². The Balaban J connectivity index is 1.98. The van der Waals surface area contributed by atoms with Gasteiger partial charge in [-0.3, -0.25) is 0 Å². The number of hydrogen-bond donors (Lipinski definition) is 3. The molecule has 1 aliphatic heterocycles. The molecule has 1 aromatic rings. The lowest BCUT2D eigenvalue weighted by molar-refractivity contribution is -0.136. The van der Waals surface area contributed by atoms with Crippen molar-refractivity contribution >= 4 is 11.7 Å². The molecule has 0 bridgehead atoms. The van der Waals surface area contributed by atoms with Gasteiger partial charge in [-0.15, -0.1) is 0 Å². The summed E-state index contributed by atoms with van der Waals surface area (Å²) in [5.41, 5.74) is -1.32. The molecule has 1 fully saturated rings. The number of hydrogen-bond acceptors (Lipinski definition) is 3. The van der Waals surface area contributed by atoms with Gasteiger partial charge >= 0.3 is 12.2 Å². The number of carbonyl (C=O) groups is 1. The Labute approximate surface area is 138 Å². The van der Waals surface area contributed by atoms with E-state index in [1.54, 1.807) is 7.11 Å². The van der Waals surface area contributed by atoms with E-state index < -0.39 is 17.8 Å². The standard InChI is InChI=1S/C16H22F3N3O2/c1-24-11-15(6-8-20-9-7-15)10-21-14(23)22-13-5-3-2-4-12(13)16(17,18)19/h2-5,20H,6-11H2,1H3,(H2,21,22,23). The molecule has 0 aliphatic carbocycles. The quantitative estimate of drug-likeness (QED) is 0.769. The highest BCUT2D eigenvalue weighted by Gasteiger charge is 2.34. The highest BCUT2D eigenvalue weighted by atomic mass is 19.4. The number of piperidine rings is 1. The van der Waals surface area contributed by atoms with Crippen LogP contribution in [0.4, 0.5) is 23.7 Å². The summed E-state index contributed by atoms with van der Waals surface area (Å²) in [4.78, 5) is 12.0. The molecule has 0 radical (unpaired) electrons. The molecule has 1 heterocycles. The van der Waals surface area contributed by atoms with Gasteiger partial charge in [0.1, 0.15) is 0 Å². The number of halogens is 3. The Morgan fingerprint density at radius 1 is 1.29 bits per heavy atom. The number of amides is 2. The van der Waals surface area contributed by atoms with E-state index in [1.165, 1.54) is 18.2 Å². The van der Waals surface area contributed by atoms with E-state index in [2.05, 4.69) is 16.0 Å². The molecule has 0 unspecified atom stereocenters. The minimum Gasteiger partial charge on any atom is -0.384 e. The number of ether oxygens (including phenoxy) is 1. The summed E-state index contributed by atoms with van der Waals surface area (Å²) >= 11 is 0. The number of urea groups is 1. The van der Waals surface area contributed by atoms with Crippen LogP contribution in [0, 0.1) is 5.41 Å². The maximum absolute atomic E-state index is 12.9. The van der Waals surface area contributed by atoms with Crippen LogP contribution in [0.15, 0.2) is 24.3 Å². The highest BCUT2D eigenvalue weighted by Crippen LogP contribution is 2.34. The smallest absolute Gasteiger partial charge is 0.384 e. The summed E-state index contributed by atoms with van der Waals surface area (Å²) in [5.74, 6) is 0. The van der Waals surface area contributed by atoms with E-state index in [9.17, 15) is 18.0 Å². The third-order valence-corrected chi connectivity index (χ3v) is 4.22. The van der Waals surface area contributed by atoms with Crippen LogP contribution in [0.25, 0.3) is 0 Å². The average molecular weight is 345 g/mol. The van der Waals surface area contributed by atoms with Crippen molar-refractivity contribution in [3.05, 3.63) is 29.8 Å². The predicted octanol–water partition coefficient (Wildman–Crippen LogP) is 2.84. The summed E-state index contributed by atoms with van der Waals surface area (Å²) in [6.07, 6.45) is -2.85. The Morgan fingerprint density at radius 2 is 1.96 bits per heavy atom. The fourth-order valence-electron chi connectivity index (χ4n) is 2.91. The van der Waals surface area contributed by atoms with Crippen molar-refractivity contribution < 1.29 is 22.7 Å². The SMILES string of the molecule is COCC1(CNC(=O)Nc2ccccc2C(F)(F)F)CCNCC1. The van der Waals surface area contributed by atoms with Crippen molar-refractivity contribution in [1.82, 2.24) is 10.6 Å². The lowest BCUT2D eigenvalue weighted by Gasteiger charge is -2.37. The molecule has 8 heteroatoms. The summed E-state index contributed by atoms with van der Waals surface area (Å²) in [6.45, 7) is 2.49. The number of para-hydroxylation sites is 1. The van der Waals surface area contributed by atoms with Crippen molar-refractivity contribution in [3.63, 3.8) is 0 Å². The van der Waals surface area contributed by atoms with Gasteiger partial charge in [0.05, 0.1) is 17.9 Å². The summed E-state index contributed by atoms with van der Waals surface area (Å²) < 4.78 is 44.1. The van der Waals surface area contributed by atoms with Crippen molar-refractivity contribution in [2.75, 3.05) is 38.7 Å². The van der Waals surface area contributed by atoms with Crippen LogP contribution < -0.4 is 16.0 Å². The Kier molecular flexibility index (Phi) is 6.06. The van der Waals surface area contributed by atoms with Gasteiger partial charge in [-0.05, 0) is 38.1 Å². The normalized spacial score (nSPS) is 17.3. The molecule has 1 aromatic carbocycles. The molecule has 5 nitrogen and oxygen atoms in total. The zero-order valence-electron chi connectivity index (χ0n) is 13.5. The topological polar surface area (TPSA) is 62.4 Å². The fourth-order valence-corrected chi connectivity index (χ4v) is 2.91. The molecule has 0 atom stereocenters. The average Bonchev–Trinajstić information content (AvgIpc) is 2.54. The fraction of sp³-hybridized carbons (Fsp3) is 0.562. The maximum atomic E-state index is 12.9. The molecular weight excluding hydrogens is 323 g/mol. The number of methoxy groups -OCH3 is 1. The molecule has 0 aromatic heterocycles. The zero-order chi connectivity index (χ0) is 17.6. The van der Waals surface area contributed by atoms with Gasteiger partial charge in [-0.2, -0.15) is 13.2 Å². The lowest BCUT2D eigenvalue weighted by atomic mass is 9.79. The number of benzene rings is 1. The molecule has 3 N–H and O–H groups in total. The largest absolute Gasteiger partial charge is 0.418 e. The first kappa shape index (κ1) is 18.5. The molecule has 1 saturated heterocycles. The summed E-state index contributed by atoms with van der Waals surface area (Å²) in [7, 11) is 1.60. The van der Waals surface area contributed by atoms with Crippen LogP contribution in [0.3, 0.4) is 0 Å². The Hall–Kier alpha value is -1.80. The van der Waals surface area contributed by atoms with Crippen LogP contribution in [-0.2, 0) is 10.9 Å². The monoisotopic (exact) mass is 345 g/mol. The molecule has 24 heavy (non-hydrogen) atoms. The molecular formula is C16H22F3N3O2. The minimum atomic E-state index is -4.52. The second-order valence-corrected chi connectivity index (χ2v) is 6.03. The minimum absolute atomic E-state index is 0.194.